The number of esters is 1. The molecule has 0 aromatic carbocycles. The summed E-state index contributed by atoms with van der Waals surface area (Å²) in [5, 5.41) is 8.87. The van der Waals surface area contributed by atoms with Crippen LogP contribution in [0.2, 0.25) is 0 Å². The van der Waals surface area contributed by atoms with E-state index in [2.05, 4.69) is 0 Å². The van der Waals surface area contributed by atoms with Crippen LogP contribution in [-0.4, -0.2) is 55.3 Å². The number of ether oxygens (including phenoxy) is 1. The van der Waals surface area contributed by atoms with Crippen molar-refractivity contribution in [3.8, 4) is 0 Å². The highest BCUT2D eigenvalue weighted by atomic mass is 16.5. The number of carboxylic acids is 1. The normalized spacial score (nSPS) is 19.3. The monoisotopic (exact) mass is 221 g/mol. The van der Waals surface area contributed by atoms with Gasteiger partial charge in [0.25, 0.3) is 0 Å². The lowest BCUT2D eigenvalue weighted by Gasteiger charge is -2.28. The van der Waals surface area contributed by atoms with E-state index in [1.165, 1.54) is 6.92 Å². The maximum absolute atomic E-state index is 11.3. The molecule has 0 rings (SSSR count). The quantitative estimate of drug-likeness (QED) is 0.523. The molecule has 0 heterocycles. The molecule has 0 aromatic rings. The Kier molecular flexibility index (Phi) is 3.48. The van der Waals surface area contributed by atoms with Gasteiger partial charge in [-0.05, 0) is 0 Å². The Labute approximate surface area is 94.4 Å². The van der Waals surface area contributed by atoms with Crippen molar-refractivity contribution in [2.24, 2.45) is 0 Å². The zero-order valence-electron chi connectivity index (χ0n) is 12.5. The summed E-state index contributed by atoms with van der Waals surface area (Å²) in [6.45, 7) is 1.21. The summed E-state index contributed by atoms with van der Waals surface area (Å²) >= 11 is 0. The van der Waals surface area contributed by atoms with Gasteiger partial charge in [-0.25, -0.2) is 0 Å². The van der Waals surface area contributed by atoms with Gasteiger partial charge in [0.15, 0.2) is 6.08 Å². The lowest BCUT2D eigenvalue weighted by Crippen LogP contribution is -2.43. The minimum absolute atomic E-state index is 0.0481. The Hall–Kier alpha value is -1.10. The van der Waals surface area contributed by atoms with Crippen LogP contribution in [-0.2, 0) is 14.3 Å². The van der Waals surface area contributed by atoms with Crippen LogP contribution in [0.15, 0.2) is 0 Å². The van der Waals surface area contributed by atoms with E-state index < -0.39 is 24.4 Å². The largest absolute Gasteiger partial charge is 0.481 e. The second-order valence-corrected chi connectivity index (χ2v) is 4.13. The Morgan fingerprint density at radius 2 is 2.07 bits per heavy atom. The van der Waals surface area contributed by atoms with Crippen molar-refractivity contribution >= 4 is 11.9 Å². The number of carbonyl (C=O) groups excluding carboxylic acids is 1. The van der Waals surface area contributed by atoms with E-state index in [4.69, 9.17) is 14.0 Å². The molecule has 0 radical (unpaired) electrons. The van der Waals surface area contributed by atoms with Crippen LogP contribution in [0.4, 0.5) is 0 Å². The van der Waals surface area contributed by atoms with Gasteiger partial charge in [-0.3, -0.25) is 9.59 Å². The highest BCUT2D eigenvalue weighted by Crippen LogP contribution is 2.06. The molecule has 88 valence electrons. The van der Waals surface area contributed by atoms with Gasteiger partial charge in [0, 0.05) is 9.16 Å². The first-order valence-electron chi connectivity index (χ1n) is 6.11. The molecule has 0 aliphatic rings. The summed E-state index contributed by atoms with van der Waals surface area (Å²) in [6, 6.07) is 0. The van der Waals surface area contributed by atoms with Gasteiger partial charge in [0.1, 0.15) is 6.54 Å². The third kappa shape index (κ3) is 7.93. The van der Waals surface area contributed by atoms with Gasteiger partial charge in [-0.1, -0.05) is 6.92 Å². The van der Waals surface area contributed by atoms with Crippen molar-refractivity contribution < 1.29 is 28.0 Å². The Bertz CT molecular complexity index is 341. The summed E-state index contributed by atoms with van der Waals surface area (Å²) in [5.74, 6) is -2.63. The lowest BCUT2D eigenvalue weighted by molar-refractivity contribution is -0.873. The summed E-state index contributed by atoms with van der Waals surface area (Å²) in [6.07, 6.45) is -5.50. The van der Waals surface area contributed by atoms with E-state index in [-0.39, 0.29) is 17.4 Å². The van der Waals surface area contributed by atoms with Crippen molar-refractivity contribution in [1.29, 1.82) is 0 Å². The van der Waals surface area contributed by atoms with Crippen molar-refractivity contribution in [3.63, 3.8) is 0 Å². The van der Waals surface area contributed by atoms with E-state index in [0.29, 0.717) is 0 Å². The number of hydrogen-bond donors (Lipinski definition) is 1. The molecule has 0 amide bonds. The molecule has 1 N–H and O–H groups in total. The first-order chi connectivity index (χ1) is 7.85. The van der Waals surface area contributed by atoms with Gasteiger partial charge in [-0.2, -0.15) is 0 Å². The van der Waals surface area contributed by atoms with E-state index in [1.54, 1.807) is 21.1 Å². The molecular weight excluding hydrogens is 198 g/mol. The zero-order chi connectivity index (χ0) is 14.8. The van der Waals surface area contributed by atoms with Gasteiger partial charge in [0.05, 0.1) is 28.9 Å². The molecule has 0 saturated carbocycles. The third-order valence-electron chi connectivity index (χ3n) is 1.39. The Morgan fingerprint density at radius 3 is 2.40 bits per heavy atom. The SMILES string of the molecule is [2H]C(C[N+](C)(C)C)(OC(=O)CC)C([2H])([2H])C(=O)O. The lowest BCUT2D eigenvalue weighted by atomic mass is 10.2. The van der Waals surface area contributed by atoms with Crippen LogP contribution in [0.5, 0.6) is 0 Å². The molecule has 0 bridgehead atoms. The van der Waals surface area contributed by atoms with E-state index >= 15 is 0 Å². The standard InChI is InChI=1S/C10H19NO4/c1-5-10(14)15-8(6-9(12)13)7-11(2,3)4/h8H,5-7H2,1-4H3/p+1/i6D2,8D. The predicted molar refractivity (Wildman–Crippen MR) is 55.3 cm³/mol. The number of carbonyl (C=O) groups is 2. The topological polar surface area (TPSA) is 63.6 Å². The van der Waals surface area contributed by atoms with Crippen molar-refractivity contribution in [2.75, 3.05) is 27.7 Å². The number of rotatable bonds is 6. The molecule has 1 atom stereocenters. The van der Waals surface area contributed by atoms with Crippen LogP contribution < -0.4 is 0 Å². The second-order valence-electron chi connectivity index (χ2n) is 4.13. The van der Waals surface area contributed by atoms with E-state index in [9.17, 15) is 9.59 Å². The fourth-order valence-corrected chi connectivity index (χ4v) is 0.857. The average Bonchev–Trinajstić information content (AvgIpc) is 2.13. The molecular formula is C10H20NO4+. The van der Waals surface area contributed by atoms with Crippen molar-refractivity contribution in [2.45, 2.75) is 25.8 Å². The van der Waals surface area contributed by atoms with Crippen molar-refractivity contribution in [3.05, 3.63) is 0 Å². The summed E-state index contributed by atoms with van der Waals surface area (Å²) in [4.78, 5) is 22.2. The summed E-state index contributed by atoms with van der Waals surface area (Å²) < 4.78 is 27.7. The smallest absolute Gasteiger partial charge is 0.307 e. The summed E-state index contributed by atoms with van der Waals surface area (Å²) in [5.41, 5.74) is 0. The molecule has 0 saturated heterocycles. The Morgan fingerprint density at radius 1 is 1.53 bits per heavy atom. The van der Waals surface area contributed by atoms with Gasteiger partial charge in [-0.15, -0.1) is 0 Å². The molecule has 15 heavy (non-hydrogen) atoms. The van der Waals surface area contributed by atoms with Crippen LogP contribution in [0.3, 0.4) is 0 Å². The van der Waals surface area contributed by atoms with Gasteiger partial charge < -0.3 is 14.3 Å². The van der Waals surface area contributed by atoms with Gasteiger partial charge in [0.2, 0.25) is 0 Å². The molecule has 0 aromatic heterocycles. The average molecular weight is 221 g/mol. The fraction of sp³-hybridized carbons (Fsp3) is 0.800. The van der Waals surface area contributed by atoms with Crippen LogP contribution in [0, 0.1) is 0 Å². The molecule has 5 heteroatoms. The first-order valence-corrected chi connectivity index (χ1v) is 4.61. The number of carboxylic acid groups (broad SMARTS) is 1. The summed E-state index contributed by atoms with van der Waals surface area (Å²) in [7, 11) is 4.96. The maximum Gasteiger partial charge on any atom is 0.307 e. The maximum atomic E-state index is 11.3. The van der Waals surface area contributed by atoms with Crippen LogP contribution >= 0.6 is 0 Å². The Balaban J connectivity index is 5.41. The minimum atomic E-state index is -2.98. The molecule has 0 aliphatic carbocycles. The number of hydrogen-bond acceptors (Lipinski definition) is 3. The van der Waals surface area contributed by atoms with Gasteiger partial charge >= 0.3 is 11.9 Å². The minimum Gasteiger partial charge on any atom is -0.481 e. The molecule has 0 fully saturated rings. The van der Waals surface area contributed by atoms with Crippen LogP contribution in [0.1, 0.15) is 23.8 Å². The van der Waals surface area contributed by atoms with Crippen LogP contribution in [0.25, 0.3) is 0 Å². The molecule has 5 nitrogen and oxygen atoms in total. The first kappa shape index (κ1) is 9.15. The van der Waals surface area contributed by atoms with E-state index in [1.807, 2.05) is 0 Å². The highest BCUT2D eigenvalue weighted by Gasteiger charge is 2.23. The number of nitrogens with zero attached hydrogens (tertiary/aromatic N) is 1. The van der Waals surface area contributed by atoms with E-state index in [0.717, 1.165) is 0 Å². The third-order valence-corrected chi connectivity index (χ3v) is 1.39. The number of likely N-dealkylation sites (N-methyl/N-ethyl adjacent to an activating group) is 1. The fourth-order valence-electron chi connectivity index (χ4n) is 0.857. The number of aliphatic carboxylic acids is 1. The number of quaternary nitrogens is 1. The molecule has 0 aliphatic heterocycles. The molecule has 1 unspecified atom stereocenters. The second kappa shape index (κ2) is 5.70. The van der Waals surface area contributed by atoms with Crippen molar-refractivity contribution in [1.82, 2.24) is 0 Å². The molecule has 0 spiro atoms. The predicted octanol–water partition coefficient (Wildman–Crippen LogP) is 0.489. The highest BCUT2D eigenvalue weighted by molar-refractivity contribution is 5.71. The zero-order valence-corrected chi connectivity index (χ0v) is 9.53.